The van der Waals surface area contributed by atoms with Crippen LogP contribution in [-0.2, 0) is 9.53 Å². The second-order valence-electron chi connectivity index (χ2n) is 4.57. The number of methoxy groups -OCH3 is 1. The molecule has 0 rings (SSSR count). The molecule has 0 heterocycles. The van der Waals surface area contributed by atoms with Gasteiger partial charge in [0.1, 0.15) is 0 Å². The largest absolute Gasteiger partial charge is 0.385 e. The van der Waals surface area contributed by atoms with Gasteiger partial charge in [-0.1, -0.05) is 46.5 Å². The summed E-state index contributed by atoms with van der Waals surface area (Å²) in [6.45, 7) is 8.06. The van der Waals surface area contributed by atoms with Crippen molar-refractivity contribution in [2.75, 3.05) is 20.3 Å². The Balaban J connectivity index is 0. The highest BCUT2D eigenvalue weighted by Gasteiger charge is 1.99. The first kappa shape index (κ1) is 19.8. The monoisotopic (exact) mass is 259 g/mol. The Morgan fingerprint density at radius 3 is 2.22 bits per heavy atom. The molecule has 0 aromatic carbocycles. The number of hydrogen-bond acceptors (Lipinski definition) is 2. The van der Waals surface area contributed by atoms with Crippen LogP contribution in [-0.4, -0.2) is 26.2 Å². The van der Waals surface area contributed by atoms with Crippen molar-refractivity contribution >= 4 is 5.91 Å². The summed E-state index contributed by atoms with van der Waals surface area (Å²) < 4.78 is 4.94. The fourth-order valence-corrected chi connectivity index (χ4v) is 1.40. The van der Waals surface area contributed by atoms with Crippen LogP contribution in [0.2, 0.25) is 0 Å². The number of unbranched alkanes of at least 4 members (excludes halogenated alkanes) is 4. The molecule has 3 nitrogen and oxygen atoms in total. The van der Waals surface area contributed by atoms with Crippen molar-refractivity contribution in [2.24, 2.45) is 0 Å². The van der Waals surface area contributed by atoms with Crippen molar-refractivity contribution in [1.29, 1.82) is 0 Å². The summed E-state index contributed by atoms with van der Waals surface area (Å²) in [5.74, 6) is 0.198. The second kappa shape index (κ2) is 18.8. The summed E-state index contributed by atoms with van der Waals surface area (Å²) in [6.07, 6.45) is 8.53. The predicted molar refractivity (Wildman–Crippen MR) is 78.8 cm³/mol. The number of carbonyl (C=O) groups is 1. The normalized spacial score (nSPS) is 9.56. The fourth-order valence-electron chi connectivity index (χ4n) is 1.40. The predicted octanol–water partition coefficient (Wildman–Crippen LogP) is 3.92. The van der Waals surface area contributed by atoms with E-state index < -0.39 is 0 Å². The molecule has 0 radical (unpaired) electrons. The molecule has 1 N–H and O–H groups in total. The lowest BCUT2D eigenvalue weighted by Gasteiger charge is -2.04. The van der Waals surface area contributed by atoms with Crippen molar-refractivity contribution < 1.29 is 9.53 Å². The van der Waals surface area contributed by atoms with Gasteiger partial charge in [0.2, 0.25) is 5.91 Å². The quantitative estimate of drug-likeness (QED) is 0.604. The van der Waals surface area contributed by atoms with E-state index in [0.717, 1.165) is 38.8 Å². The maximum Gasteiger partial charge on any atom is 0.219 e. The lowest BCUT2D eigenvalue weighted by atomic mass is 10.2. The highest BCUT2D eigenvalue weighted by atomic mass is 16.5. The minimum absolute atomic E-state index is 0.198. The molecule has 0 saturated carbocycles. The van der Waals surface area contributed by atoms with Crippen LogP contribution in [0.4, 0.5) is 0 Å². The molecule has 0 saturated heterocycles. The van der Waals surface area contributed by atoms with Gasteiger partial charge in [-0.25, -0.2) is 0 Å². The van der Waals surface area contributed by atoms with E-state index in [4.69, 9.17) is 4.74 Å². The van der Waals surface area contributed by atoms with E-state index in [2.05, 4.69) is 26.1 Å². The van der Waals surface area contributed by atoms with E-state index in [1.165, 1.54) is 19.3 Å². The SMILES string of the molecule is CCC.CCCCCNC(=O)CCCCCOC. The first-order chi connectivity index (χ1) is 8.72. The third-order valence-corrected chi connectivity index (χ3v) is 2.35. The topological polar surface area (TPSA) is 38.3 Å². The fraction of sp³-hybridized carbons (Fsp3) is 0.933. The van der Waals surface area contributed by atoms with Gasteiger partial charge in [0.15, 0.2) is 0 Å². The summed E-state index contributed by atoms with van der Waals surface area (Å²) in [5, 5.41) is 2.94. The summed E-state index contributed by atoms with van der Waals surface area (Å²) in [6, 6.07) is 0. The molecule has 18 heavy (non-hydrogen) atoms. The van der Waals surface area contributed by atoms with Crippen molar-refractivity contribution in [3.05, 3.63) is 0 Å². The van der Waals surface area contributed by atoms with Crippen molar-refractivity contribution in [1.82, 2.24) is 5.32 Å². The average Bonchev–Trinajstić information content (AvgIpc) is 2.35. The molecule has 0 aliphatic rings. The van der Waals surface area contributed by atoms with E-state index in [9.17, 15) is 4.79 Å². The first-order valence-corrected chi connectivity index (χ1v) is 7.48. The summed E-state index contributed by atoms with van der Waals surface area (Å²) >= 11 is 0. The van der Waals surface area contributed by atoms with Gasteiger partial charge >= 0.3 is 0 Å². The summed E-state index contributed by atoms with van der Waals surface area (Å²) in [4.78, 5) is 11.3. The lowest BCUT2D eigenvalue weighted by molar-refractivity contribution is -0.121. The Labute approximate surface area is 114 Å². The average molecular weight is 259 g/mol. The maximum absolute atomic E-state index is 11.3. The van der Waals surface area contributed by atoms with E-state index >= 15 is 0 Å². The van der Waals surface area contributed by atoms with Gasteiger partial charge < -0.3 is 10.1 Å². The molecule has 0 fully saturated rings. The van der Waals surface area contributed by atoms with Gasteiger partial charge in [-0.3, -0.25) is 4.79 Å². The molecule has 3 heteroatoms. The zero-order chi connectivity index (χ0) is 14.1. The number of carbonyl (C=O) groups excluding carboxylic acids is 1. The van der Waals surface area contributed by atoms with E-state index in [-0.39, 0.29) is 5.91 Å². The highest BCUT2D eigenvalue weighted by Crippen LogP contribution is 2.00. The smallest absolute Gasteiger partial charge is 0.219 e. The number of amides is 1. The van der Waals surface area contributed by atoms with Crippen molar-refractivity contribution in [3.63, 3.8) is 0 Å². The van der Waals surface area contributed by atoms with Gasteiger partial charge in [0.25, 0.3) is 0 Å². The molecule has 0 atom stereocenters. The molecule has 0 bridgehead atoms. The minimum Gasteiger partial charge on any atom is -0.385 e. The zero-order valence-electron chi connectivity index (χ0n) is 12.9. The van der Waals surface area contributed by atoms with Crippen LogP contribution >= 0.6 is 0 Å². The molecule has 0 aliphatic carbocycles. The van der Waals surface area contributed by atoms with Crippen LogP contribution < -0.4 is 5.32 Å². The Bertz CT molecular complexity index is 161. The molecule has 0 aliphatic heterocycles. The highest BCUT2D eigenvalue weighted by molar-refractivity contribution is 5.75. The Hall–Kier alpha value is -0.570. The number of nitrogens with one attached hydrogen (secondary N) is 1. The molecular formula is C15H33NO2. The van der Waals surface area contributed by atoms with Crippen LogP contribution in [0.5, 0.6) is 0 Å². The standard InChI is InChI=1S/C12H25NO2.C3H8/c1-3-4-7-10-13-12(14)9-6-5-8-11-15-2;1-3-2/h3-11H2,1-2H3,(H,13,14);3H2,1-2H3. The Morgan fingerprint density at radius 1 is 1.00 bits per heavy atom. The minimum atomic E-state index is 0.198. The lowest BCUT2D eigenvalue weighted by Crippen LogP contribution is -2.23. The number of rotatable bonds is 10. The molecule has 110 valence electrons. The van der Waals surface area contributed by atoms with Crippen LogP contribution in [0.3, 0.4) is 0 Å². The summed E-state index contributed by atoms with van der Waals surface area (Å²) in [5.41, 5.74) is 0. The molecule has 0 aromatic heterocycles. The molecule has 0 spiro atoms. The van der Waals surface area contributed by atoms with Crippen molar-refractivity contribution in [2.45, 2.75) is 72.1 Å². The van der Waals surface area contributed by atoms with Crippen LogP contribution in [0.15, 0.2) is 0 Å². The molecule has 1 amide bonds. The molecular weight excluding hydrogens is 226 g/mol. The van der Waals surface area contributed by atoms with E-state index in [1.54, 1.807) is 7.11 Å². The maximum atomic E-state index is 11.3. The first-order valence-electron chi connectivity index (χ1n) is 7.48. The zero-order valence-corrected chi connectivity index (χ0v) is 12.9. The van der Waals surface area contributed by atoms with Gasteiger partial charge in [0.05, 0.1) is 0 Å². The van der Waals surface area contributed by atoms with Gasteiger partial charge in [0, 0.05) is 26.7 Å². The van der Waals surface area contributed by atoms with Crippen LogP contribution in [0.1, 0.15) is 72.1 Å². The van der Waals surface area contributed by atoms with Gasteiger partial charge in [-0.2, -0.15) is 0 Å². The number of ether oxygens (including phenoxy) is 1. The van der Waals surface area contributed by atoms with Gasteiger partial charge in [-0.15, -0.1) is 0 Å². The Morgan fingerprint density at radius 2 is 1.67 bits per heavy atom. The number of hydrogen-bond donors (Lipinski definition) is 1. The third-order valence-electron chi connectivity index (χ3n) is 2.35. The molecule has 0 unspecified atom stereocenters. The Kier molecular flexibility index (Phi) is 20.6. The third kappa shape index (κ3) is 20.8. The van der Waals surface area contributed by atoms with Gasteiger partial charge in [-0.05, 0) is 19.3 Å². The van der Waals surface area contributed by atoms with E-state index in [0.29, 0.717) is 6.42 Å². The van der Waals surface area contributed by atoms with Crippen LogP contribution in [0, 0.1) is 0 Å². The van der Waals surface area contributed by atoms with Crippen molar-refractivity contribution in [3.8, 4) is 0 Å². The molecule has 0 aromatic rings. The van der Waals surface area contributed by atoms with E-state index in [1.807, 2.05) is 0 Å². The summed E-state index contributed by atoms with van der Waals surface area (Å²) in [7, 11) is 1.71. The van der Waals surface area contributed by atoms with Crippen LogP contribution in [0.25, 0.3) is 0 Å². The second-order valence-corrected chi connectivity index (χ2v) is 4.57.